The van der Waals surface area contributed by atoms with E-state index in [0.29, 0.717) is 9.85 Å². The van der Waals surface area contributed by atoms with Crippen LogP contribution in [0.2, 0.25) is 0 Å². The Bertz CT molecular complexity index is 853. The summed E-state index contributed by atoms with van der Waals surface area (Å²) < 4.78 is 79.3. The minimum atomic E-state index is -4.73. The Morgan fingerprint density at radius 2 is 1.92 bits per heavy atom. The fourth-order valence-corrected chi connectivity index (χ4v) is 5.24. The number of rotatable bonds is 6. The lowest BCUT2D eigenvalue weighted by Gasteiger charge is -2.18. The average Bonchev–Trinajstić information content (AvgIpc) is 2.92. The molecule has 1 aromatic carbocycles. The molecular formula is C14H13BrF4N2O2S2. The zero-order valence-electron chi connectivity index (χ0n) is 12.7. The molecule has 2 N–H and O–H groups in total. The van der Waals surface area contributed by atoms with Gasteiger partial charge in [-0.2, -0.15) is 13.2 Å². The van der Waals surface area contributed by atoms with Crippen LogP contribution in [0.15, 0.2) is 38.3 Å². The van der Waals surface area contributed by atoms with Crippen LogP contribution in [0.4, 0.5) is 23.2 Å². The number of nitrogens with one attached hydrogen (secondary N) is 2. The second kappa shape index (κ2) is 7.60. The molecule has 0 saturated heterocycles. The van der Waals surface area contributed by atoms with Gasteiger partial charge in [-0.3, -0.25) is 0 Å². The van der Waals surface area contributed by atoms with Gasteiger partial charge in [0.25, 0.3) is 0 Å². The number of sulfonamides is 1. The molecular weight excluding hydrogens is 448 g/mol. The monoisotopic (exact) mass is 460 g/mol. The van der Waals surface area contributed by atoms with Crippen LogP contribution < -0.4 is 10.0 Å². The van der Waals surface area contributed by atoms with Gasteiger partial charge in [0.2, 0.25) is 10.0 Å². The van der Waals surface area contributed by atoms with E-state index >= 15 is 0 Å². The highest BCUT2D eigenvalue weighted by Crippen LogP contribution is 2.35. The minimum absolute atomic E-state index is 0.0870. The van der Waals surface area contributed by atoms with Gasteiger partial charge in [-0.05, 0) is 53.2 Å². The van der Waals surface area contributed by atoms with Gasteiger partial charge in [-0.15, -0.1) is 11.3 Å². The lowest BCUT2D eigenvalue weighted by atomic mass is 10.1. The molecule has 0 saturated carbocycles. The molecule has 2 aromatic rings. The van der Waals surface area contributed by atoms with Crippen molar-refractivity contribution in [3.05, 3.63) is 45.5 Å². The van der Waals surface area contributed by atoms with Crippen molar-refractivity contribution in [2.75, 3.05) is 11.9 Å². The van der Waals surface area contributed by atoms with Gasteiger partial charge < -0.3 is 5.32 Å². The van der Waals surface area contributed by atoms with Crippen molar-refractivity contribution in [2.24, 2.45) is 0 Å². The van der Waals surface area contributed by atoms with Gasteiger partial charge in [0, 0.05) is 18.3 Å². The number of thiophene rings is 1. The van der Waals surface area contributed by atoms with Crippen LogP contribution >= 0.6 is 27.3 Å². The first-order valence-electron chi connectivity index (χ1n) is 6.87. The average molecular weight is 461 g/mol. The quantitative estimate of drug-likeness (QED) is 0.626. The smallest absolute Gasteiger partial charge is 0.383 e. The van der Waals surface area contributed by atoms with Crippen molar-refractivity contribution in [3.63, 3.8) is 0 Å². The summed E-state index contributed by atoms with van der Waals surface area (Å²) in [5, 5.41) is 2.51. The summed E-state index contributed by atoms with van der Waals surface area (Å²) >= 11 is 4.18. The van der Waals surface area contributed by atoms with Crippen molar-refractivity contribution in [1.29, 1.82) is 0 Å². The first-order valence-corrected chi connectivity index (χ1v) is 9.96. The topological polar surface area (TPSA) is 58.2 Å². The maximum absolute atomic E-state index is 13.1. The van der Waals surface area contributed by atoms with Gasteiger partial charge in [0.05, 0.1) is 9.35 Å². The summed E-state index contributed by atoms with van der Waals surface area (Å²) in [5.41, 5.74) is -1.47. The van der Waals surface area contributed by atoms with E-state index in [4.69, 9.17) is 0 Å². The van der Waals surface area contributed by atoms with E-state index in [9.17, 15) is 26.0 Å². The van der Waals surface area contributed by atoms with E-state index in [2.05, 4.69) is 26.0 Å². The van der Waals surface area contributed by atoms with Crippen molar-refractivity contribution >= 4 is 43.0 Å². The van der Waals surface area contributed by atoms with Crippen LogP contribution in [0.3, 0.4) is 0 Å². The molecule has 0 fully saturated rings. The van der Waals surface area contributed by atoms with Gasteiger partial charge >= 0.3 is 6.18 Å². The third-order valence-electron chi connectivity index (χ3n) is 3.06. The first-order chi connectivity index (χ1) is 11.5. The van der Waals surface area contributed by atoms with Gasteiger partial charge in [0.1, 0.15) is 10.0 Å². The first kappa shape index (κ1) is 20.1. The number of hydrogen-bond acceptors (Lipinski definition) is 4. The third-order valence-corrected chi connectivity index (χ3v) is 6.76. The Labute approximate surface area is 154 Å². The van der Waals surface area contributed by atoms with E-state index in [1.54, 1.807) is 6.07 Å². The Kier molecular flexibility index (Phi) is 6.13. The summed E-state index contributed by atoms with van der Waals surface area (Å²) in [5.74, 6) is -1.00. The van der Waals surface area contributed by atoms with Gasteiger partial charge in [0.15, 0.2) is 0 Å². The molecule has 0 spiro atoms. The molecule has 0 bridgehead atoms. The normalized spacial score (nSPS) is 13.7. The van der Waals surface area contributed by atoms with Crippen molar-refractivity contribution < 1.29 is 26.0 Å². The minimum Gasteiger partial charge on any atom is -0.383 e. The van der Waals surface area contributed by atoms with E-state index in [0.717, 1.165) is 23.5 Å². The molecule has 0 aliphatic carbocycles. The molecule has 0 radical (unpaired) electrons. The van der Waals surface area contributed by atoms with E-state index in [1.807, 2.05) is 0 Å². The summed E-state index contributed by atoms with van der Waals surface area (Å²) in [6, 6.07) is 4.55. The van der Waals surface area contributed by atoms with Gasteiger partial charge in [-0.25, -0.2) is 17.5 Å². The second-order valence-corrected chi connectivity index (χ2v) is 9.55. The van der Waals surface area contributed by atoms with E-state index in [-0.39, 0.29) is 16.4 Å². The van der Waals surface area contributed by atoms with Crippen LogP contribution in [0, 0.1) is 5.82 Å². The van der Waals surface area contributed by atoms with Crippen LogP contribution in [-0.2, 0) is 16.2 Å². The Morgan fingerprint density at radius 1 is 1.24 bits per heavy atom. The van der Waals surface area contributed by atoms with Crippen molar-refractivity contribution in [1.82, 2.24) is 4.72 Å². The van der Waals surface area contributed by atoms with Crippen LogP contribution in [0.25, 0.3) is 0 Å². The molecule has 0 aliphatic heterocycles. The number of anilines is 1. The third kappa shape index (κ3) is 5.40. The zero-order chi connectivity index (χ0) is 18.8. The number of benzene rings is 1. The molecule has 0 unspecified atom stereocenters. The predicted molar refractivity (Wildman–Crippen MR) is 91.7 cm³/mol. The molecule has 11 heteroatoms. The summed E-state index contributed by atoms with van der Waals surface area (Å²) in [4.78, 5) is 0. The standard InChI is InChI=1S/C14H13BrF4N2O2S2/c1-8(21-25(22,23)13-5-4-12(15)24-13)7-20-11-3-2-9(16)6-10(11)14(17,18)19/h2-6,8,20-21H,7H2,1H3/t8-/m1/s1. The Hall–Kier alpha value is -1.17. The second-order valence-electron chi connectivity index (χ2n) is 5.15. The Morgan fingerprint density at radius 3 is 2.48 bits per heavy atom. The summed E-state index contributed by atoms with van der Waals surface area (Å²) in [6.07, 6.45) is -4.73. The summed E-state index contributed by atoms with van der Waals surface area (Å²) in [7, 11) is -3.77. The molecule has 4 nitrogen and oxygen atoms in total. The number of hydrogen-bond donors (Lipinski definition) is 2. The molecule has 0 aliphatic rings. The molecule has 1 heterocycles. The molecule has 138 valence electrons. The van der Waals surface area contributed by atoms with Crippen molar-refractivity contribution in [3.8, 4) is 0 Å². The maximum atomic E-state index is 13.1. The summed E-state index contributed by atoms with van der Waals surface area (Å²) in [6.45, 7) is 1.39. The maximum Gasteiger partial charge on any atom is 0.418 e. The van der Waals surface area contributed by atoms with Crippen LogP contribution in [-0.4, -0.2) is 21.0 Å². The highest BCUT2D eigenvalue weighted by atomic mass is 79.9. The Balaban J connectivity index is 2.07. The lowest BCUT2D eigenvalue weighted by molar-refractivity contribution is -0.137. The lowest BCUT2D eigenvalue weighted by Crippen LogP contribution is -2.37. The molecule has 0 amide bonds. The predicted octanol–water partition coefficient (Wildman–Crippen LogP) is 4.45. The zero-order valence-corrected chi connectivity index (χ0v) is 15.9. The fourth-order valence-electron chi connectivity index (χ4n) is 1.97. The number of halogens is 5. The number of alkyl halides is 3. The van der Waals surface area contributed by atoms with E-state index < -0.39 is 33.6 Å². The molecule has 1 aromatic heterocycles. The van der Waals surface area contributed by atoms with E-state index in [1.165, 1.54) is 13.0 Å². The molecule has 2 rings (SSSR count). The SMILES string of the molecule is C[C@H](CNc1ccc(F)cc1C(F)(F)F)NS(=O)(=O)c1ccc(Br)s1. The highest BCUT2D eigenvalue weighted by molar-refractivity contribution is 9.11. The fraction of sp³-hybridized carbons (Fsp3) is 0.286. The van der Waals surface area contributed by atoms with Crippen LogP contribution in [0.5, 0.6) is 0 Å². The van der Waals surface area contributed by atoms with Gasteiger partial charge in [-0.1, -0.05) is 0 Å². The highest BCUT2D eigenvalue weighted by Gasteiger charge is 2.34. The van der Waals surface area contributed by atoms with Crippen LogP contribution in [0.1, 0.15) is 12.5 Å². The molecule has 1 atom stereocenters. The molecule has 25 heavy (non-hydrogen) atoms. The van der Waals surface area contributed by atoms with Crippen molar-refractivity contribution in [2.45, 2.75) is 23.4 Å². The largest absolute Gasteiger partial charge is 0.418 e.